The fraction of sp³-hybridized carbons (Fsp3) is 0.333. The Balaban J connectivity index is 2.42. The van der Waals surface area contributed by atoms with Gasteiger partial charge in [-0.3, -0.25) is 9.59 Å². The van der Waals surface area contributed by atoms with Crippen LogP contribution >= 0.6 is 0 Å². The standard InChI is InChI=1S/C12H9F3O3/c1-6-2-3-7(4-9(6)12(13,14)15)8-5-10(16)18-11(8)17/h2-4,8H,5H2,1H3. The van der Waals surface area contributed by atoms with Crippen LogP contribution in [0.5, 0.6) is 0 Å². The molecule has 18 heavy (non-hydrogen) atoms. The van der Waals surface area contributed by atoms with Gasteiger partial charge in [0.25, 0.3) is 0 Å². The smallest absolute Gasteiger partial charge is 0.393 e. The van der Waals surface area contributed by atoms with Crippen LogP contribution in [-0.2, 0) is 20.5 Å². The van der Waals surface area contributed by atoms with E-state index in [1.807, 2.05) is 0 Å². The molecule has 0 spiro atoms. The Hall–Kier alpha value is -1.85. The lowest BCUT2D eigenvalue weighted by Crippen LogP contribution is -2.11. The molecule has 1 unspecified atom stereocenters. The first kappa shape index (κ1) is 12.6. The van der Waals surface area contributed by atoms with E-state index in [0.717, 1.165) is 6.07 Å². The van der Waals surface area contributed by atoms with Gasteiger partial charge in [0.1, 0.15) is 0 Å². The first-order valence-electron chi connectivity index (χ1n) is 5.21. The highest BCUT2D eigenvalue weighted by Gasteiger charge is 2.37. The molecule has 2 rings (SSSR count). The fourth-order valence-electron chi connectivity index (χ4n) is 1.89. The van der Waals surface area contributed by atoms with Crippen LogP contribution in [0.25, 0.3) is 0 Å². The van der Waals surface area contributed by atoms with Gasteiger partial charge >= 0.3 is 18.1 Å². The quantitative estimate of drug-likeness (QED) is 0.574. The summed E-state index contributed by atoms with van der Waals surface area (Å²) in [6.45, 7) is 1.34. The van der Waals surface area contributed by atoms with Crippen LogP contribution in [-0.4, -0.2) is 11.9 Å². The number of hydrogen-bond acceptors (Lipinski definition) is 3. The van der Waals surface area contributed by atoms with Crippen molar-refractivity contribution >= 4 is 11.9 Å². The molecule has 1 fully saturated rings. The minimum Gasteiger partial charge on any atom is -0.393 e. The topological polar surface area (TPSA) is 43.4 Å². The van der Waals surface area contributed by atoms with Crippen molar-refractivity contribution in [2.75, 3.05) is 0 Å². The van der Waals surface area contributed by atoms with Crippen molar-refractivity contribution in [2.24, 2.45) is 0 Å². The molecule has 0 N–H and O–H groups in total. The zero-order valence-electron chi connectivity index (χ0n) is 9.38. The summed E-state index contributed by atoms with van der Waals surface area (Å²) >= 11 is 0. The van der Waals surface area contributed by atoms with Crippen molar-refractivity contribution < 1.29 is 27.5 Å². The Morgan fingerprint density at radius 1 is 1.28 bits per heavy atom. The maximum Gasteiger partial charge on any atom is 0.416 e. The van der Waals surface area contributed by atoms with E-state index in [2.05, 4.69) is 4.74 Å². The molecule has 1 saturated heterocycles. The van der Waals surface area contributed by atoms with Crippen molar-refractivity contribution in [1.82, 2.24) is 0 Å². The summed E-state index contributed by atoms with van der Waals surface area (Å²) in [6, 6.07) is 3.60. The van der Waals surface area contributed by atoms with Gasteiger partial charge in [0.15, 0.2) is 0 Å². The molecule has 1 atom stereocenters. The molecule has 96 valence electrons. The number of rotatable bonds is 1. The molecule has 1 aromatic rings. The van der Waals surface area contributed by atoms with Crippen LogP contribution in [0.4, 0.5) is 13.2 Å². The van der Waals surface area contributed by atoms with Gasteiger partial charge in [0.2, 0.25) is 0 Å². The zero-order chi connectivity index (χ0) is 13.5. The number of halogens is 3. The minimum absolute atomic E-state index is 0.0731. The summed E-state index contributed by atoms with van der Waals surface area (Å²) in [6.07, 6.45) is -4.69. The van der Waals surface area contributed by atoms with E-state index in [-0.39, 0.29) is 17.5 Å². The van der Waals surface area contributed by atoms with Gasteiger partial charge in [-0.15, -0.1) is 0 Å². The minimum atomic E-state index is -4.48. The van der Waals surface area contributed by atoms with Crippen LogP contribution in [0.3, 0.4) is 0 Å². The second-order valence-corrected chi connectivity index (χ2v) is 4.12. The highest BCUT2D eigenvalue weighted by atomic mass is 19.4. The molecule has 0 amide bonds. The summed E-state index contributed by atoms with van der Waals surface area (Å²) in [5, 5.41) is 0. The summed E-state index contributed by atoms with van der Waals surface area (Å²) in [5.41, 5.74) is -0.570. The molecular formula is C12H9F3O3. The Bertz CT molecular complexity index is 520. The molecule has 0 aromatic heterocycles. The molecule has 3 nitrogen and oxygen atoms in total. The average Bonchev–Trinajstić information content (AvgIpc) is 2.57. The van der Waals surface area contributed by atoms with Crippen molar-refractivity contribution in [3.05, 3.63) is 34.9 Å². The van der Waals surface area contributed by atoms with Crippen LogP contribution in [0, 0.1) is 6.92 Å². The monoisotopic (exact) mass is 258 g/mol. The first-order chi connectivity index (χ1) is 8.29. The Morgan fingerprint density at radius 3 is 2.44 bits per heavy atom. The summed E-state index contributed by atoms with van der Waals surface area (Å²) < 4.78 is 42.4. The van der Waals surface area contributed by atoms with Crippen molar-refractivity contribution in [3.8, 4) is 0 Å². The summed E-state index contributed by atoms with van der Waals surface area (Å²) in [5.74, 6) is -2.43. The van der Waals surface area contributed by atoms with Gasteiger partial charge in [-0.05, 0) is 24.1 Å². The molecule has 1 aromatic carbocycles. The maximum absolute atomic E-state index is 12.7. The molecule has 1 aliphatic rings. The molecule has 6 heteroatoms. The lowest BCUT2D eigenvalue weighted by Gasteiger charge is -2.13. The lowest BCUT2D eigenvalue weighted by atomic mass is 9.94. The van der Waals surface area contributed by atoms with Crippen molar-refractivity contribution in [1.29, 1.82) is 0 Å². The maximum atomic E-state index is 12.7. The first-order valence-corrected chi connectivity index (χ1v) is 5.21. The molecule has 0 bridgehead atoms. The predicted molar refractivity (Wildman–Crippen MR) is 54.6 cm³/mol. The predicted octanol–water partition coefficient (Wildman–Crippen LogP) is 2.57. The van der Waals surface area contributed by atoms with E-state index >= 15 is 0 Å². The van der Waals surface area contributed by atoms with Crippen molar-refractivity contribution in [2.45, 2.75) is 25.4 Å². The third kappa shape index (κ3) is 2.23. The van der Waals surface area contributed by atoms with Gasteiger partial charge in [0, 0.05) is 0 Å². The molecule has 1 heterocycles. The number of aryl methyl sites for hydroxylation is 1. The summed E-state index contributed by atoms with van der Waals surface area (Å²) in [7, 11) is 0. The number of carbonyl (C=O) groups excluding carboxylic acids is 2. The average molecular weight is 258 g/mol. The number of hydrogen-bond donors (Lipinski definition) is 0. The second-order valence-electron chi connectivity index (χ2n) is 4.12. The van der Waals surface area contributed by atoms with Gasteiger partial charge < -0.3 is 4.74 Å². The van der Waals surface area contributed by atoms with E-state index in [9.17, 15) is 22.8 Å². The highest BCUT2D eigenvalue weighted by molar-refractivity contribution is 5.97. The zero-order valence-corrected chi connectivity index (χ0v) is 9.38. The van der Waals surface area contributed by atoms with E-state index in [1.54, 1.807) is 0 Å². The normalized spacial score (nSPS) is 20.1. The Kier molecular flexibility index (Phi) is 2.88. The Morgan fingerprint density at radius 2 is 1.94 bits per heavy atom. The third-order valence-corrected chi connectivity index (χ3v) is 2.84. The van der Waals surface area contributed by atoms with Gasteiger partial charge in [-0.2, -0.15) is 13.2 Å². The molecule has 1 aliphatic heterocycles. The molecular weight excluding hydrogens is 249 g/mol. The number of cyclic esters (lactones) is 2. The largest absolute Gasteiger partial charge is 0.416 e. The van der Waals surface area contributed by atoms with E-state index in [4.69, 9.17) is 0 Å². The number of ether oxygens (including phenoxy) is 1. The number of carbonyl (C=O) groups is 2. The van der Waals surface area contributed by atoms with E-state index < -0.39 is 29.6 Å². The Labute approximate surface area is 101 Å². The molecule has 0 saturated carbocycles. The highest BCUT2D eigenvalue weighted by Crippen LogP contribution is 2.35. The van der Waals surface area contributed by atoms with Crippen molar-refractivity contribution in [3.63, 3.8) is 0 Å². The van der Waals surface area contributed by atoms with Gasteiger partial charge in [0.05, 0.1) is 17.9 Å². The number of benzene rings is 1. The van der Waals surface area contributed by atoms with Crippen LogP contribution in [0.1, 0.15) is 29.0 Å². The number of alkyl halides is 3. The SMILES string of the molecule is Cc1ccc(C2CC(=O)OC2=O)cc1C(F)(F)F. The van der Waals surface area contributed by atoms with Crippen LogP contribution in [0.2, 0.25) is 0 Å². The van der Waals surface area contributed by atoms with Gasteiger partial charge in [-0.25, -0.2) is 0 Å². The van der Waals surface area contributed by atoms with E-state index in [1.165, 1.54) is 19.1 Å². The third-order valence-electron chi connectivity index (χ3n) is 2.84. The van der Waals surface area contributed by atoms with Gasteiger partial charge in [-0.1, -0.05) is 12.1 Å². The summed E-state index contributed by atoms with van der Waals surface area (Å²) in [4.78, 5) is 22.2. The number of esters is 2. The van der Waals surface area contributed by atoms with Crippen LogP contribution in [0.15, 0.2) is 18.2 Å². The molecule has 0 aliphatic carbocycles. The molecule has 0 radical (unpaired) electrons. The second kappa shape index (κ2) is 4.12. The lowest BCUT2D eigenvalue weighted by molar-refractivity contribution is -0.152. The van der Waals surface area contributed by atoms with Crippen LogP contribution < -0.4 is 0 Å². The van der Waals surface area contributed by atoms with E-state index in [0.29, 0.717) is 0 Å². The fourth-order valence-corrected chi connectivity index (χ4v) is 1.89.